The average Bonchev–Trinajstić information content (AvgIpc) is 2.91. The van der Waals surface area contributed by atoms with Crippen LogP contribution < -0.4 is 5.26 Å². The molecule has 19 heavy (non-hydrogen) atoms. The number of alkyl halides is 2. The lowest BCUT2D eigenvalue weighted by Crippen LogP contribution is -2.33. The molecule has 2 saturated carbocycles. The topological polar surface area (TPSA) is 88.1 Å². The summed E-state index contributed by atoms with van der Waals surface area (Å²) in [4.78, 5) is 11.1. The summed E-state index contributed by atoms with van der Waals surface area (Å²) >= 11 is -0.707. The number of carbonyl (C=O) groups excluding carboxylic acids is 1. The van der Waals surface area contributed by atoms with Gasteiger partial charge in [-0.2, -0.15) is 13.1 Å². The van der Waals surface area contributed by atoms with Gasteiger partial charge in [-0.05, 0) is 37.0 Å². The highest BCUT2D eigenvalue weighted by Crippen LogP contribution is 2.48. The van der Waals surface area contributed by atoms with Crippen LogP contribution in [0.4, 0.5) is 8.78 Å². The monoisotopic (exact) mass is 299 g/mol. The van der Waals surface area contributed by atoms with E-state index >= 15 is 0 Å². The van der Waals surface area contributed by atoms with E-state index < -0.39 is 29.4 Å². The van der Waals surface area contributed by atoms with Gasteiger partial charge in [-0.3, -0.25) is 5.04 Å². The van der Waals surface area contributed by atoms with Gasteiger partial charge in [0.25, 0.3) is 0 Å². The fraction of sp³-hybridized carbons (Fsp3) is 0.900. The molecule has 4 unspecified atom stereocenters. The van der Waals surface area contributed by atoms with Crippen molar-refractivity contribution in [3.8, 4) is 0 Å². The van der Waals surface area contributed by atoms with E-state index in [2.05, 4.69) is 14.1 Å². The van der Waals surface area contributed by atoms with Gasteiger partial charge in [-0.15, -0.1) is 0 Å². The number of rotatable bonds is 6. The molecule has 0 saturated heterocycles. The highest BCUT2D eigenvalue weighted by molar-refractivity contribution is 7.96. The van der Waals surface area contributed by atoms with Crippen LogP contribution in [-0.2, 0) is 18.9 Å². The third kappa shape index (κ3) is 3.34. The predicted molar refractivity (Wildman–Crippen MR) is 56.0 cm³/mol. The summed E-state index contributed by atoms with van der Waals surface area (Å²) in [7, 11) is 0. The number of fused-ring (bicyclic) bond motifs is 2. The molecule has 0 amide bonds. The molecule has 6 nitrogen and oxygen atoms in total. The molecule has 9 heteroatoms. The number of aliphatic hydroxyl groups is 1. The summed E-state index contributed by atoms with van der Waals surface area (Å²) in [5.74, 6) is -1.47. The number of hydrogen-bond acceptors (Lipinski definition) is 7. The Morgan fingerprint density at radius 1 is 1.42 bits per heavy atom. The van der Waals surface area contributed by atoms with Crippen molar-refractivity contribution in [1.82, 2.24) is 0 Å². The summed E-state index contributed by atoms with van der Waals surface area (Å²) < 4.78 is 34.0. The van der Waals surface area contributed by atoms with Crippen molar-refractivity contribution in [2.45, 2.75) is 30.6 Å². The minimum absolute atomic E-state index is 0.0142. The molecular weight excluding hydrogens is 286 g/mol. The van der Waals surface area contributed by atoms with Gasteiger partial charge in [0.2, 0.25) is 0 Å². The lowest BCUT2D eigenvalue weighted by Gasteiger charge is -2.26. The van der Waals surface area contributed by atoms with Gasteiger partial charge in [0.05, 0.1) is 12.7 Å². The van der Waals surface area contributed by atoms with Crippen molar-refractivity contribution in [2.24, 2.45) is 17.8 Å². The van der Waals surface area contributed by atoms with E-state index in [9.17, 15) is 23.9 Å². The molecule has 2 aliphatic rings. The Bertz CT molecular complexity index is 342. The first-order chi connectivity index (χ1) is 8.94. The minimum Gasteiger partial charge on any atom is -0.691 e. The zero-order valence-electron chi connectivity index (χ0n) is 9.79. The number of aliphatic hydroxyl groups excluding tert-OH is 1. The Kier molecular flexibility index (Phi) is 4.62. The molecule has 0 heterocycles. The zero-order valence-corrected chi connectivity index (χ0v) is 10.6. The summed E-state index contributed by atoms with van der Waals surface area (Å²) in [5, 5.41) is 17.9. The fourth-order valence-corrected chi connectivity index (χ4v) is 3.25. The molecule has 0 aromatic rings. The first kappa shape index (κ1) is 14.9. The van der Waals surface area contributed by atoms with Gasteiger partial charge in [0, 0.05) is 0 Å². The summed E-state index contributed by atoms with van der Waals surface area (Å²) in [6, 6.07) is 0. The lowest BCUT2D eigenvalue weighted by molar-refractivity contribution is -0.777. The Morgan fingerprint density at radius 3 is 2.74 bits per heavy atom. The standard InChI is InChI=1S/C10H14F2O6S/c11-10(12,19-18-17-15)9(14)16-4-6-1-5-2-7(6)8(13)3-5/h5-8,13,15H,1-4H2/p-1. The SMILES string of the molecule is O=C(OCC1CC2CC(O)C1C2)C(F)(F)SOO[O-]. The van der Waals surface area contributed by atoms with Crippen molar-refractivity contribution in [3.63, 3.8) is 0 Å². The van der Waals surface area contributed by atoms with Crippen LogP contribution in [0.5, 0.6) is 0 Å². The molecule has 0 radical (unpaired) electrons. The second-order valence-electron chi connectivity index (χ2n) is 4.90. The average molecular weight is 299 g/mol. The maximum Gasteiger partial charge on any atom is 0.415 e. The number of ether oxygens (including phenoxy) is 1. The first-order valence-electron chi connectivity index (χ1n) is 5.81. The molecule has 2 fully saturated rings. The largest absolute Gasteiger partial charge is 0.691 e. The molecule has 0 aromatic heterocycles. The van der Waals surface area contributed by atoms with E-state index in [-0.39, 0.29) is 18.4 Å². The minimum atomic E-state index is -4.00. The Morgan fingerprint density at radius 2 is 2.16 bits per heavy atom. The highest BCUT2D eigenvalue weighted by atomic mass is 32.2. The third-order valence-corrected chi connectivity index (χ3v) is 4.25. The van der Waals surface area contributed by atoms with Crippen LogP contribution in [0.2, 0.25) is 0 Å². The fourth-order valence-electron chi connectivity index (χ4n) is 3.01. The molecule has 2 bridgehead atoms. The summed E-state index contributed by atoms with van der Waals surface area (Å²) in [6.07, 6.45) is 1.92. The van der Waals surface area contributed by atoms with Crippen LogP contribution in [0.1, 0.15) is 19.3 Å². The van der Waals surface area contributed by atoms with E-state index in [0.717, 1.165) is 19.3 Å². The molecular formula is C10H13F2O6S-. The van der Waals surface area contributed by atoms with Gasteiger partial charge in [-0.1, -0.05) is 0 Å². The Hall–Kier alpha value is -0.480. The van der Waals surface area contributed by atoms with Crippen molar-refractivity contribution < 1.29 is 38.0 Å². The molecule has 2 rings (SSSR count). The maximum absolute atomic E-state index is 13.0. The highest BCUT2D eigenvalue weighted by Gasteiger charge is 2.48. The van der Waals surface area contributed by atoms with Crippen LogP contribution in [0.15, 0.2) is 0 Å². The predicted octanol–water partition coefficient (Wildman–Crippen LogP) is 0.401. The van der Waals surface area contributed by atoms with Gasteiger partial charge in [0.1, 0.15) is 12.0 Å². The van der Waals surface area contributed by atoms with Crippen LogP contribution in [0.3, 0.4) is 0 Å². The summed E-state index contributed by atoms with van der Waals surface area (Å²) in [5.41, 5.74) is 0. The second kappa shape index (κ2) is 5.88. The zero-order chi connectivity index (χ0) is 14.0. The number of hydrogen-bond donors (Lipinski definition) is 1. The molecule has 4 atom stereocenters. The molecule has 0 aliphatic heterocycles. The van der Waals surface area contributed by atoms with Crippen LogP contribution in [-0.4, -0.2) is 29.0 Å². The van der Waals surface area contributed by atoms with Crippen molar-refractivity contribution in [3.05, 3.63) is 0 Å². The molecule has 0 spiro atoms. The quantitative estimate of drug-likeness (QED) is 0.329. The van der Waals surface area contributed by atoms with Crippen LogP contribution in [0.25, 0.3) is 0 Å². The first-order valence-corrected chi connectivity index (χ1v) is 6.55. The van der Waals surface area contributed by atoms with Gasteiger partial charge < -0.3 is 15.1 Å². The third-order valence-electron chi connectivity index (χ3n) is 3.75. The van der Waals surface area contributed by atoms with Gasteiger partial charge in [-0.25, -0.2) is 4.79 Å². The van der Waals surface area contributed by atoms with Crippen LogP contribution in [0, 0.1) is 17.8 Å². The van der Waals surface area contributed by atoms with E-state index in [0.29, 0.717) is 5.92 Å². The second-order valence-corrected chi connectivity index (χ2v) is 5.71. The number of halogens is 2. The van der Waals surface area contributed by atoms with E-state index in [4.69, 9.17) is 0 Å². The summed E-state index contributed by atoms with van der Waals surface area (Å²) in [6.45, 7) is -0.161. The Labute approximate surface area is 112 Å². The molecule has 1 N–H and O–H groups in total. The molecule has 110 valence electrons. The van der Waals surface area contributed by atoms with E-state index in [1.165, 1.54) is 0 Å². The smallest absolute Gasteiger partial charge is 0.415 e. The van der Waals surface area contributed by atoms with Gasteiger partial charge in [0.15, 0.2) is 0 Å². The maximum atomic E-state index is 13.0. The number of esters is 1. The van der Waals surface area contributed by atoms with Crippen molar-refractivity contribution in [1.29, 1.82) is 0 Å². The van der Waals surface area contributed by atoms with E-state index in [1.54, 1.807) is 0 Å². The molecule has 0 aromatic carbocycles. The Balaban J connectivity index is 1.78. The van der Waals surface area contributed by atoms with Gasteiger partial charge >= 0.3 is 11.2 Å². The van der Waals surface area contributed by atoms with E-state index in [1.807, 2.05) is 0 Å². The number of carbonyl (C=O) groups is 1. The lowest BCUT2D eigenvalue weighted by atomic mass is 9.87. The molecule has 2 aliphatic carbocycles. The normalized spacial score (nSPS) is 33.7. The van der Waals surface area contributed by atoms with Crippen LogP contribution >= 0.6 is 12.0 Å². The van der Waals surface area contributed by atoms with Crippen molar-refractivity contribution >= 4 is 18.0 Å². The van der Waals surface area contributed by atoms with Crippen molar-refractivity contribution in [2.75, 3.05) is 6.61 Å².